The van der Waals surface area contributed by atoms with E-state index in [0.29, 0.717) is 27.6 Å². The molecule has 204 valence electrons. The second-order valence-corrected chi connectivity index (χ2v) is 9.64. The number of hydrogen-bond acceptors (Lipinski definition) is 5. The second-order valence-electron chi connectivity index (χ2n) is 8.86. The van der Waals surface area contributed by atoms with Gasteiger partial charge in [0.25, 0.3) is 0 Å². The van der Waals surface area contributed by atoms with Crippen molar-refractivity contribution in [3.05, 3.63) is 105 Å². The topological polar surface area (TPSA) is 109 Å². The average Bonchev–Trinajstić information content (AvgIpc) is 2.94. The smallest absolute Gasteiger partial charge is 0.335 e. The summed E-state index contributed by atoms with van der Waals surface area (Å²) in [5.41, 5.74) is 3.28. The molecule has 0 radical (unpaired) electrons. The summed E-state index contributed by atoms with van der Waals surface area (Å²) in [6.45, 7) is 1.68. The van der Waals surface area contributed by atoms with E-state index in [-0.39, 0.29) is 23.7 Å². The van der Waals surface area contributed by atoms with Gasteiger partial charge < -0.3 is 20.1 Å². The summed E-state index contributed by atoms with van der Waals surface area (Å²) in [6, 6.07) is 18.8. The fourth-order valence-electron chi connectivity index (χ4n) is 3.84. The lowest BCUT2D eigenvalue weighted by Gasteiger charge is -2.21. The van der Waals surface area contributed by atoms with E-state index >= 15 is 0 Å². The number of benzene rings is 3. The summed E-state index contributed by atoms with van der Waals surface area (Å²) in [4.78, 5) is 41.9. The lowest BCUT2D eigenvalue weighted by Crippen LogP contribution is -2.37. The van der Waals surface area contributed by atoms with Crippen molar-refractivity contribution in [2.24, 2.45) is 0 Å². The Kier molecular flexibility index (Phi) is 9.04. The molecule has 0 bridgehead atoms. The number of pyridine rings is 1. The predicted molar refractivity (Wildman–Crippen MR) is 156 cm³/mol. The van der Waals surface area contributed by atoms with Crippen molar-refractivity contribution in [1.29, 1.82) is 0 Å². The minimum Gasteiger partial charge on any atom is -0.487 e. The molecule has 0 saturated carbocycles. The van der Waals surface area contributed by atoms with Crippen LogP contribution in [0.4, 0.5) is 5.69 Å². The number of aryl methyl sites for hydroxylation is 1. The molecule has 1 aromatic heterocycles. The highest BCUT2D eigenvalue weighted by Crippen LogP contribution is 2.35. The van der Waals surface area contributed by atoms with Gasteiger partial charge in [-0.1, -0.05) is 53.5 Å². The number of likely N-dealkylation sites (N-methyl/N-ethyl adjacent to an activating group) is 1. The molecule has 0 fully saturated rings. The number of carbonyl (C=O) groups is 3. The number of para-hydroxylation sites is 1. The van der Waals surface area contributed by atoms with E-state index in [2.05, 4.69) is 10.3 Å². The summed E-state index contributed by atoms with van der Waals surface area (Å²) >= 11 is 13.1. The van der Waals surface area contributed by atoms with Gasteiger partial charge in [-0.2, -0.15) is 0 Å². The van der Waals surface area contributed by atoms with Crippen molar-refractivity contribution >= 4 is 63.7 Å². The number of hydrogen-bond donors (Lipinski definition) is 2. The lowest BCUT2D eigenvalue weighted by molar-refractivity contribution is -0.122. The first-order valence-electron chi connectivity index (χ1n) is 12.2. The zero-order chi connectivity index (χ0) is 28.8. The Morgan fingerprint density at radius 1 is 1.02 bits per heavy atom. The Balaban J connectivity index is 1.40. The zero-order valence-electron chi connectivity index (χ0n) is 21.7. The molecule has 1 heterocycles. The molecule has 0 unspecified atom stereocenters. The normalized spacial score (nSPS) is 11.0. The summed E-state index contributed by atoms with van der Waals surface area (Å²) < 4.78 is 6.05. The monoisotopic (exact) mass is 577 g/mol. The minimum atomic E-state index is -1.03. The number of anilines is 1. The fourth-order valence-corrected chi connectivity index (χ4v) is 4.45. The first-order chi connectivity index (χ1) is 19.1. The third-order valence-corrected chi connectivity index (χ3v) is 6.87. The highest BCUT2D eigenvalue weighted by Gasteiger charge is 2.19. The van der Waals surface area contributed by atoms with Crippen LogP contribution in [-0.2, 0) is 16.2 Å². The molecule has 0 saturated heterocycles. The standard InChI is InChI=1S/C30H25Cl2N3O5/c1-18-6-10-20-4-3-5-25(29(20)34-18)40-17-22-23(31)13-14-24(28(22)32)35(2)27(37)16-33-26(36)15-9-19-7-11-21(12-8-19)30(38)39/h3-15H,16-17H2,1-2H3,(H,33,36)(H,38,39)/b15-9+. The Hall–Kier alpha value is -4.40. The van der Waals surface area contributed by atoms with Crippen molar-refractivity contribution in [1.82, 2.24) is 10.3 Å². The van der Waals surface area contributed by atoms with Gasteiger partial charge in [-0.25, -0.2) is 9.78 Å². The van der Waals surface area contributed by atoms with Crippen molar-refractivity contribution in [3.8, 4) is 5.75 Å². The number of carbonyl (C=O) groups excluding carboxylic acids is 2. The van der Waals surface area contributed by atoms with E-state index in [1.165, 1.54) is 29.2 Å². The van der Waals surface area contributed by atoms with E-state index in [4.69, 9.17) is 33.0 Å². The highest BCUT2D eigenvalue weighted by molar-refractivity contribution is 6.38. The number of carboxylic acid groups (broad SMARTS) is 1. The maximum Gasteiger partial charge on any atom is 0.335 e. The van der Waals surface area contributed by atoms with Crippen LogP contribution in [0.2, 0.25) is 10.0 Å². The molecule has 4 aromatic rings. The van der Waals surface area contributed by atoms with Gasteiger partial charge in [-0.05, 0) is 55.0 Å². The molecule has 0 spiro atoms. The average molecular weight is 578 g/mol. The Bertz CT molecular complexity index is 1620. The molecule has 0 aliphatic heterocycles. The lowest BCUT2D eigenvalue weighted by atomic mass is 10.1. The van der Waals surface area contributed by atoms with Crippen molar-refractivity contribution in [2.45, 2.75) is 13.5 Å². The first-order valence-corrected chi connectivity index (χ1v) is 12.9. The Morgan fingerprint density at radius 3 is 2.50 bits per heavy atom. The van der Waals surface area contributed by atoms with Gasteiger partial charge in [0, 0.05) is 34.8 Å². The SMILES string of the molecule is Cc1ccc2cccc(OCc3c(Cl)ccc(N(C)C(=O)CNC(=O)/C=C/c4ccc(C(=O)O)cc4)c3Cl)c2n1. The molecular weight excluding hydrogens is 553 g/mol. The molecule has 40 heavy (non-hydrogen) atoms. The largest absolute Gasteiger partial charge is 0.487 e. The van der Waals surface area contributed by atoms with Gasteiger partial charge in [-0.3, -0.25) is 9.59 Å². The quantitative estimate of drug-likeness (QED) is 0.239. The number of aromatic nitrogens is 1. The number of ether oxygens (including phenoxy) is 1. The van der Waals surface area contributed by atoms with Crippen molar-refractivity contribution in [3.63, 3.8) is 0 Å². The van der Waals surface area contributed by atoms with Crippen LogP contribution in [0.25, 0.3) is 17.0 Å². The number of fused-ring (bicyclic) bond motifs is 1. The Morgan fingerprint density at radius 2 is 1.77 bits per heavy atom. The van der Waals surface area contributed by atoms with Crippen LogP contribution >= 0.6 is 23.2 Å². The van der Waals surface area contributed by atoms with Gasteiger partial charge in [0.05, 0.1) is 22.8 Å². The highest BCUT2D eigenvalue weighted by atomic mass is 35.5. The van der Waals surface area contributed by atoms with Gasteiger partial charge in [0.1, 0.15) is 17.9 Å². The predicted octanol–water partition coefficient (Wildman–Crippen LogP) is 5.92. The van der Waals surface area contributed by atoms with Crippen LogP contribution in [-0.4, -0.2) is 41.5 Å². The summed E-state index contributed by atoms with van der Waals surface area (Å²) in [6.07, 6.45) is 2.78. The molecule has 0 aliphatic carbocycles. The molecule has 8 nitrogen and oxygen atoms in total. The molecule has 10 heteroatoms. The van der Waals surface area contributed by atoms with Gasteiger partial charge in [0.2, 0.25) is 11.8 Å². The molecule has 4 rings (SSSR count). The van der Waals surface area contributed by atoms with Crippen LogP contribution in [0, 0.1) is 6.92 Å². The molecule has 2 amide bonds. The van der Waals surface area contributed by atoms with Crippen LogP contribution in [0.15, 0.2) is 72.8 Å². The first kappa shape index (κ1) is 28.6. The zero-order valence-corrected chi connectivity index (χ0v) is 23.2. The van der Waals surface area contributed by atoms with Crippen LogP contribution in [0.1, 0.15) is 27.2 Å². The second kappa shape index (κ2) is 12.6. The van der Waals surface area contributed by atoms with Crippen LogP contribution < -0.4 is 15.0 Å². The van der Waals surface area contributed by atoms with Crippen LogP contribution in [0.3, 0.4) is 0 Å². The van der Waals surface area contributed by atoms with E-state index in [1.54, 1.807) is 31.3 Å². The van der Waals surface area contributed by atoms with E-state index in [0.717, 1.165) is 16.6 Å². The number of nitrogens with zero attached hydrogens (tertiary/aromatic N) is 2. The number of aromatic carboxylic acids is 1. The molecule has 0 atom stereocenters. The summed E-state index contributed by atoms with van der Waals surface area (Å²) in [5.74, 6) is -1.35. The van der Waals surface area contributed by atoms with Crippen LogP contribution in [0.5, 0.6) is 5.75 Å². The number of carboxylic acids is 1. The maximum absolute atomic E-state index is 12.8. The molecule has 3 aromatic carbocycles. The van der Waals surface area contributed by atoms with E-state index in [1.807, 2.05) is 37.3 Å². The van der Waals surface area contributed by atoms with Gasteiger partial charge in [-0.15, -0.1) is 0 Å². The van der Waals surface area contributed by atoms with E-state index < -0.39 is 17.8 Å². The van der Waals surface area contributed by atoms with Gasteiger partial charge >= 0.3 is 5.97 Å². The maximum atomic E-state index is 12.8. The number of amides is 2. The Labute approximate surface area is 240 Å². The van der Waals surface area contributed by atoms with E-state index in [9.17, 15) is 14.4 Å². The minimum absolute atomic E-state index is 0.0528. The molecule has 2 N–H and O–H groups in total. The third kappa shape index (κ3) is 6.77. The summed E-state index contributed by atoms with van der Waals surface area (Å²) in [7, 11) is 1.55. The van der Waals surface area contributed by atoms with Crippen molar-refractivity contribution in [2.75, 3.05) is 18.5 Å². The molecular formula is C30H25Cl2N3O5. The van der Waals surface area contributed by atoms with Gasteiger partial charge in [0.15, 0.2) is 0 Å². The van der Waals surface area contributed by atoms with Crippen molar-refractivity contribution < 1.29 is 24.2 Å². The number of halogens is 2. The molecule has 0 aliphatic rings. The number of rotatable bonds is 9. The fraction of sp³-hybridized carbons (Fsp3) is 0.133. The number of nitrogens with one attached hydrogen (secondary N) is 1. The summed E-state index contributed by atoms with van der Waals surface area (Å²) in [5, 5.41) is 13.1. The third-order valence-electron chi connectivity index (χ3n) is 6.09.